The van der Waals surface area contributed by atoms with Crippen molar-refractivity contribution in [1.29, 1.82) is 5.26 Å². The Morgan fingerprint density at radius 1 is 1.00 bits per heavy atom. The van der Waals surface area contributed by atoms with E-state index in [0.717, 1.165) is 85.0 Å². The highest BCUT2D eigenvalue weighted by Gasteiger charge is 2.25. The van der Waals surface area contributed by atoms with Crippen LogP contribution in [0.25, 0.3) is 21.9 Å². The number of aryl methyl sites for hydroxylation is 1. The predicted octanol–water partition coefficient (Wildman–Crippen LogP) is 4.48. The summed E-state index contributed by atoms with van der Waals surface area (Å²) in [6.45, 7) is 10.8. The molecule has 3 heterocycles. The number of nitriles is 1. The summed E-state index contributed by atoms with van der Waals surface area (Å²) in [6.07, 6.45) is 0.670. The van der Waals surface area contributed by atoms with E-state index in [-0.39, 0.29) is 0 Å². The number of fused-ring (bicyclic) bond motifs is 3. The van der Waals surface area contributed by atoms with E-state index in [1.54, 1.807) is 6.07 Å². The van der Waals surface area contributed by atoms with Gasteiger partial charge in [-0.05, 0) is 49.3 Å². The highest BCUT2D eigenvalue weighted by atomic mass is 19.2. The van der Waals surface area contributed by atoms with Crippen molar-refractivity contribution in [2.45, 2.75) is 26.8 Å². The molecule has 7 nitrogen and oxygen atoms in total. The highest BCUT2D eigenvalue weighted by molar-refractivity contribution is 6.11. The third-order valence-electron chi connectivity index (χ3n) is 7.64. The summed E-state index contributed by atoms with van der Waals surface area (Å²) in [5.74, 6) is 0.0569. The molecule has 38 heavy (non-hydrogen) atoms. The van der Waals surface area contributed by atoms with Gasteiger partial charge in [-0.15, -0.1) is 0 Å². The summed E-state index contributed by atoms with van der Waals surface area (Å²) in [6, 6.07) is 12.3. The molecule has 5 rings (SSSR count). The lowest BCUT2D eigenvalue weighted by Crippen LogP contribution is -2.47. The number of nitrogens with zero attached hydrogens (tertiary/aromatic N) is 7. The third kappa shape index (κ3) is 4.94. The Bertz CT molecular complexity index is 1490. The highest BCUT2D eigenvalue weighted by Crippen LogP contribution is 2.35. The molecule has 9 heteroatoms. The number of anilines is 1. The monoisotopic (exact) mass is 517 g/mol. The lowest BCUT2D eigenvalue weighted by Gasteiger charge is -2.36. The van der Waals surface area contributed by atoms with Gasteiger partial charge in [-0.3, -0.25) is 9.80 Å². The molecule has 1 saturated heterocycles. The molecule has 0 atom stereocenters. The molecule has 1 aliphatic heterocycles. The normalized spacial score (nSPS) is 14.6. The zero-order chi connectivity index (χ0) is 26.8. The van der Waals surface area contributed by atoms with Crippen LogP contribution in [0.15, 0.2) is 36.4 Å². The van der Waals surface area contributed by atoms with Crippen LogP contribution in [0, 0.1) is 23.0 Å². The number of piperazine rings is 1. The maximum Gasteiger partial charge on any atom is 0.159 e. The van der Waals surface area contributed by atoms with Crippen LogP contribution in [-0.4, -0.2) is 70.1 Å². The van der Waals surface area contributed by atoms with Crippen molar-refractivity contribution in [3.63, 3.8) is 0 Å². The van der Waals surface area contributed by atoms with E-state index in [1.165, 1.54) is 12.1 Å². The van der Waals surface area contributed by atoms with Crippen molar-refractivity contribution in [3.8, 4) is 6.07 Å². The number of aromatic nitrogens is 3. The Kier molecular flexibility index (Phi) is 7.54. The molecule has 1 aliphatic rings. The lowest BCUT2D eigenvalue weighted by molar-refractivity contribution is 0.260. The number of benzene rings is 2. The minimum absolute atomic E-state index is 0.619. The van der Waals surface area contributed by atoms with Gasteiger partial charge in [0.25, 0.3) is 0 Å². The van der Waals surface area contributed by atoms with Crippen LogP contribution >= 0.6 is 0 Å². The van der Waals surface area contributed by atoms with Gasteiger partial charge in [-0.2, -0.15) is 5.26 Å². The second-order valence-corrected chi connectivity index (χ2v) is 9.82. The molecule has 4 aromatic rings. The molecular weight excluding hydrogens is 484 g/mol. The SMILES string of the molecule is CCN(CC)Cc1nc(N2CCN(CCc3ccc(F)c(F)c3)CC2)c2c(n1)c1c(C#N)cccc1n2C. The lowest BCUT2D eigenvalue weighted by atomic mass is 10.1. The fourth-order valence-electron chi connectivity index (χ4n) is 5.36. The molecule has 2 aromatic heterocycles. The van der Waals surface area contributed by atoms with Gasteiger partial charge in [-0.25, -0.2) is 18.7 Å². The van der Waals surface area contributed by atoms with E-state index in [2.05, 4.69) is 39.2 Å². The van der Waals surface area contributed by atoms with Crippen LogP contribution in [0.4, 0.5) is 14.6 Å². The molecule has 0 radical (unpaired) electrons. The quantitative estimate of drug-likeness (QED) is 0.344. The van der Waals surface area contributed by atoms with Gasteiger partial charge in [0.2, 0.25) is 0 Å². The molecule has 0 unspecified atom stereocenters. The fraction of sp³-hybridized carbons (Fsp3) is 0.414. The Balaban J connectivity index is 1.44. The Labute approximate surface area is 221 Å². The molecule has 1 fully saturated rings. The van der Waals surface area contributed by atoms with E-state index < -0.39 is 11.6 Å². The number of hydrogen-bond acceptors (Lipinski definition) is 6. The standard InChI is InChI=1S/C29H33F2N7/c1-4-36(5-2)19-25-33-27-26-21(18-32)7-6-8-24(26)35(3)28(27)29(34-25)38-15-13-37(14-16-38)12-11-20-9-10-22(30)23(31)17-20/h6-10,17H,4-5,11-16,19H2,1-3H3. The van der Waals surface area contributed by atoms with Crippen molar-refractivity contribution in [2.24, 2.45) is 7.05 Å². The smallest absolute Gasteiger partial charge is 0.159 e. The molecule has 0 amide bonds. The van der Waals surface area contributed by atoms with Crippen molar-refractivity contribution in [3.05, 3.63) is 65.0 Å². The van der Waals surface area contributed by atoms with E-state index in [0.29, 0.717) is 18.5 Å². The first-order valence-corrected chi connectivity index (χ1v) is 13.2. The zero-order valence-corrected chi connectivity index (χ0v) is 22.2. The maximum atomic E-state index is 13.6. The van der Waals surface area contributed by atoms with Gasteiger partial charge < -0.3 is 9.47 Å². The molecule has 0 aliphatic carbocycles. The predicted molar refractivity (Wildman–Crippen MR) is 146 cm³/mol. The third-order valence-corrected chi connectivity index (χ3v) is 7.64. The van der Waals surface area contributed by atoms with E-state index in [9.17, 15) is 14.0 Å². The van der Waals surface area contributed by atoms with Crippen LogP contribution < -0.4 is 4.90 Å². The van der Waals surface area contributed by atoms with Gasteiger partial charge in [0, 0.05) is 45.2 Å². The van der Waals surface area contributed by atoms with Gasteiger partial charge >= 0.3 is 0 Å². The molecular formula is C29H33F2N7. The average Bonchev–Trinajstić information content (AvgIpc) is 3.24. The van der Waals surface area contributed by atoms with E-state index in [1.807, 2.05) is 25.2 Å². The van der Waals surface area contributed by atoms with E-state index in [4.69, 9.17) is 9.97 Å². The van der Waals surface area contributed by atoms with Gasteiger partial charge in [-0.1, -0.05) is 26.0 Å². The van der Waals surface area contributed by atoms with Crippen molar-refractivity contribution in [2.75, 3.05) is 50.7 Å². The number of hydrogen-bond donors (Lipinski definition) is 0. The van der Waals surface area contributed by atoms with Crippen molar-refractivity contribution < 1.29 is 8.78 Å². The molecule has 0 bridgehead atoms. The summed E-state index contributed by atoms with van der Waals surface area (Å²) in [5.41, 5.74) is 4.16. The maximum absolute atomic E-state index is 13.6. The Morgan fingerprint density at radius 2 is 1.76 bits per heavy atom. The number of rotatable bonds is 8. The van der Waals surface area contributed by atoms with Crippen LogP contribution in [-0.2, 0) is 20.0 Å². The van der Waals surface area contributed by atoms with Crippen molar-refractivity contribution >= 4 is 27.8 Å². The number of halogens is 2. The average molecular weight is 518 g/mol. The fourth-order valence-corrected chi connectivity index (χ4v) is 5.36. The minimum atomic E-state index is -0.811. The molecule has 0 N–H and O–H groups in total. The largest absolute Gasteiger partial charge is 0.352 e. The second-order valence-electron chi connectivity index (χ2n) is 9.82. The first-order chi connectivity index (χ1) is 18.4. The van der Waals surface area contributed by atoms with Crippen LogP contribution in [0.2, 0.25) is 0 Å². The Hall–Kier alpha value is -3.61. The van der Waals surface area contributed by atoms with Crippen molar-refractivity contribution in [1.82, 2.24) is 24.3 Å². The topological polar surface area (TPSA) is 64.2 Å². The van der Waals surface area contributed by atoms with Gasteiger partial charge in [0.15, 0.2) is 17.5 Å². The first-order valence-electron chi connectivity index (χ1n) is 13.2. The minimum Gasteiger partial charge on any atom is -0.352 e. The molecule has 0 spiro atoms. The van der Waals surface area contributed by atoms with E-state index >= 15 is 0 Å². The summed E-state index contributed by atoms with van der Waals surface area (Å²) >= 11 is 0. The van der Waals surface area contributed by atoms with Crippen LogP contribution in [0.5, 0.6) is 0 Å². The summed E-state index contributed by atoms with van der Waals surface area (Å²) in [4.78, 5) is 17.0. The van der Waals surface area contributed by atoms with Crippen LogP contribution in [0.1, 0.15) is 30.8 Å². The summed E-state index contributed by atoms with van der Waals surface area (Å²) in [5, 5.41) is 10.7. The van der Waals surface area contributed by atoms with Gasteiger partial charge in [0.1, 0.15) is 16.9 Å². The summed E-state index contributed by atoms with van der Waals surface area (Å²) in [7, 11) is 2.01. The van der Waals surface area contributed by atoms with Gasteiger partial charge in [0.05, 0.1) is 23.7 Å². The first kappa shape index (κ1) is 26.0. The van der Waals surface area contributed by atoms with Crippen LogP contribution in [0.3, 0.4) is 0 Å². The zero-order valence-electron chi connectivity index (χ0n) is 22.2. The molecule has 0 saturated carbocycles. The second kappa shape index (κ2) is 11.0. The Morgan fingerprint density at radius 3 is 2.45 bits per heavy atom. The summed E-state index contributed by atoms with van der Waals surface area (Å²) < 4.78 is 29.0. The molecule has 198 valence electrons. The molecule has 2 aromatic carbocycles.